The summed E-state index contributed by atoms with van der Waals surface area (Å²) in [5.74, 6) is 1.09. The molecule has 0 bridgehead atoms. The third kappa shape index (κ3) is 2.87. The summed E-state index contributed by atoms with van der Waals surface area (Å²) in [5.41, 5.74) is 10.2. The van der Waals surface area contributed by atoms with Gasteiger partial charge in [-0.25, -0.2) is 4.98 Å². The first-order valence-corrected chi connectivity index (χ1v) is 8.27. The maximum atomic E-state index is 11.4. The smallest absolute Gasteiger partial charge is 0.228 e. The van der Waals surface area contributed by atoms with Gasteiger partial charge in [0, 0.05) is 31.1 Å². The number of para-hydroxylation sites is 1. The fourth-order valence-corrected chi connectivity index (χ4v) is 3.32. The third-order valence-electron chi connectivity index (χ3n) is 4.48. The molecule has 126 valence electrons. The molecule has 0 spiro atoms. The number of nitrogens with zero attached hydrogens (tertiary/aromatic N) is 3. The topological polar surface area (TPSA) is 84.1 Å². The summed E-state index contributed by atoms with van der Waals surface area (Å²) >= 11 is 0. The predicted octanol–water partition coefficient (Wildman–Crippen LogP) is 2.73. The number of aromatic nitrogens is 2. The summed E-state index contributed by atoms with van der Waals surface area (Å²) in [7, 11) is 0. The Hall–Kier alpha value is -3.15. The number of nitrogens with two attached hydrogens (primary N) is 1. The van der Waals surface area contributed by atoms with E-state index in [0.717, 1.165) is 29.6 Å². The number of amides is 1. The third-order valence-corrected chi connectivity index (χ3v) is 4.48. The van der Waals surface area contributed by atoms with E-state index in [9.17, 15) is 4.79 Å². The SMILES string of the molecule is CC(=O)Nc1cccc2c1CCN(c1nc(N)c3ccccc3n1)C2. The summed E-state index contributed by atoms with van der Waals surface area (Å²) in [6.07, 6.45) is 0.821. The number of nitrogens with one attached hydrogen (secondary N) is 1. The molecule has 0 fully saturated rings. The lowest BCUT2D eigenvalue weighted by atomic mass is 9.98. The molecule has 0 atom stereocenters. The molecule has 2 heterocycles. The molecule has 4 rings (SSSR count). The summed E-state index contributed by atoms with van der Waals surface area (Å²) in [6.45, 7) is 3.00. The lowest BCUT2D eigenvalue weighted by Crippen LogP contribution is -2.32. The lowest BCUT2D eigenvalue weighted by Gasteiger charge is -2.30. The maximum Gasteiger partial charge on any atom is 0.228 e. The predicted molar refractivity (Wildman–Crippen MR) is 99.5 cm³/mol. The van der Waals surface area contributed by atoms with Gasteiger partial charge in [0.25, 0.3) is 0 Å². The molecule has 25 heavy (non-hydrogen) atoms. The molecule has 3 N–H and O–H groups in total. The zero-order chi connectivity index (χ0) is 17.4. The normalized spacial score (nSPS) is 13.6. The first-order valence-electron chi connectivity index (χ1n) is 8.27. The fraction of sp³-hybridized carbons (Fsp3) is 0.211. The van der Waals surface area contributed by atoms with Crippen molar-refractivity contribution in [2.24, 2.45) is 0 Å². The number of fused-ring (bicyclic) bond motifs is 2. The zero-order valence-corrected chi connectivity index (χ0v) is 14.0. The Labute approximate surface area is 145 Å². The molecule has 2 aromatic carbocycles. The molecule has 1 aromatic heterocycles. The highest BCUT2D eigenvalue weighted by atomic mass is 16.1. The molecule has 1 amide bonds. The minimum absolute atomic E-state index is 0.0542. The van der Waals surface area contributed by atoms with Gasteiger partial charge in [-0.15, -0.1) is 0 Å². The van der Waals surface area contributed by atoms with Gasteiger partial charge in [-0.3, -0.25) is 4.79 Å². The van der Waals surface area contributed by atoms with Crippen LogP contribution in [0.5, 0.6) is 0 Å². The second-order valence-corrected chi connectivity index (χ2v) is 6.22. The van der Waals surface area contributed by atoms with Crippen molar-refractivity contribution < 1.29 is 4.79 Å². The van der Waals surface area contributed by atoms with Gasteiger partial charge in [-0.05, 0) is 35.7 Å². The van der Waals surface area contributed by atoms with Gasteiger partial charge in [0.15, 0.2) is 0 Å². The van der Waals surface area contributed by atoms with Crippen molar-refractivity contribution in [3.05, 3.63) is 53.6 Å². The van der Waals surface area contributed by atoms with Crippen LogP contribution in [0.3, 0.4) is 0 Å². The summed E-state index contributed by atoms with van der Waals surface area (Å²) in [6, 6.07) is 13.7. The Bertz CT molecular complexity index is 969. The van der Waals surface area contributed by atoms with E-state index in [1.807, 2.05) is 36.4 Å². The summed E-state index contributed by atoms with van der Waals surface area (Å²) < 4.78 is 0. The van der Waals surface area contributed by atoms with E-state index in [1.54, 1.807) is 0 Å². The molecule has 6 heteroatoms. The molecule has 0 saturated heterocycles. The molecule has 1 aliphatic rings. The van der Waals surface area contributed by atoms with E-state index < -0.39 is 0 Å². The molecule has 0 saturated carbocycles. The molecule has 6 nitrogen and oxygen atoms in total. The van der Waals surface area contributed by atoms with Crippen LogP contribution in [0.4, 0.5) is 17.5 Å². The first-order chi connectivity index (χ1) is 12.1. The van der Waals surface area contributed by atoms with E-state index in [0.29, 0.717) is 18.3 Å². The van der Waals surface area contributed by atoms with Crippen LogP contribution >= 0.6 is 0 Å². The van der Waals surface area contributed by atoms with Crippen LogP contribution < -0.4 is 16.0 Å². The number of benzene rings is 2. The van der Waals surface area contributed by atoms with Crippen LogP contribution in [0.2, 0.25) is 0 Å². The van der Waals surface area contributed by atoms with Gasteiger partial charge in [-0.2, -0.15) is 4.98 Å². The van der Waals surface area contributed by atoms with Gasteiger partial charge in [0.1, 0.15) is 5.82 Å². The van der Waals surface area contributed by atoms with E-state index in [1.165, 1.54) is 18.1 Å². The van der Waals surface area contributed by atoms with Gasteiger partial charge in [0.2, 0.25) is 11.9 Å². The van der Waals surface area contributed by atoms with Gasteiger partial charge in [0.05, 0.1) is 5.52 Å². The highest BCUT2D eigenvalue weighted by molar-refractivity contribution is 5.90. The summed E-state index contributed by atoms with van der Waals surface area (Å²) in [5, 5.41) is 3.78. The zero-order valence-electron chi connectivity index (χ0n) is 14.0. The first kappa shape index (κ1) is 15.4. The number of carbonyl (C=O) groups excluding carboxylic acids is 1. The standard InChI is InChI=1S/C19H19N5O/c1-12(25)21-16-8-4-5-13-11-24(10-9-14(13)16)19-22-17-7-3-2-6-15(17)18(20)23-19/h2-8H,9-11H2,1H3,(H,21,25)(H2,20,22,23). The van der Waals surface area contributed by atoms with Gasteiger partial charge < -0.3 is 16.0 Å². The van der Waals surface area contributed by atoms with Crippen LogP contribution in [0.1, 0.15) is 18.1 Å². The van der Waals surface area contributed by atoms with Crippen molar-refractivity contribution in [2.75, 3.05) is 22.5 Å². The fourth-order valence-electron chi connectivity index (χ4n) is 3.32. The minimum Gasteiger partial charge on any atom is -0.383 e. The van der Waals surface area contributed by atoms with Crippen molar-refractivity contribution in [3.8, 4) is 0 Å². The summed E-state index contributed by atoms with van der Waals surface area (Å²) in [4.78, 5) is 22.7. The minimum atomic E-state index is -0.0542. The van der Waals surface area contributed by atoms with Crippen LogP contribution in [-0.4, -0.2) is 22.4 Å². The maximum absolute atomic E-state index is 11.4. The van der Waals surface area contributed by atoms with Crippen molar-refractivity contribution in [1.82, 2.24) is 9.97 Å². The molecule has 0 aliphatic carbocycles. The highest BCUT2D eigenvalue weighted by Gasteiger charge is 2.21. The van der Waals surface area contributed by atoms with E-state index in [-0.39, 0.29) is 5.91 Å². The van der Waals surface area contributed by atoms with E-state index >= 15 is 0 Å². The second kappa shape index (κ2) is 6.05. The number of hydrogen-bond donors (Lipinski definition) is 2. The van der Waals surface area contributed by atoms with E-state index in [2.05, 4.69) is 26.3 Å². The highest BCUT2D eigenvalue weighted by Crippen LogP contribution is 2.29. The van der Waals surface area contributed by atoms with Crippen molar-refractivity contribution in [3.63, 3.8) is 0 Å². The number of carbonyl (C=O) groups is 1. The average Bonchev–Trinajstić information content (AvgIpc) is 2.61. The number of rotatable bonds is 2. The Morgan fingerprint density at radius 1 is 1.16 bits per heavy atom. The van der Waals surface area contributed by atoms with Crippen LogP contribution in [0.25, 0.3) is 10.9 Å². The Balaban J connectivity index is 1.68. The number of anilines is 3. The Morgan fingerprint density at radius 3 is 2.84 bits per heavy atom. The molecule has 0 radical (unpaired) electrons. The number of hydrogen-bond acceptors (Lipinski definition) is 5. The van der Waals surface area contributed by atoms with E-state index in [4.69, 9.17) is 5.73 Å². The van der Waals surface area contributed by atoms with Crippen LogP contribution in [-0.2, 0) is 17.8 Å². The largest absolute Gasteiger partial charge is 0.383 e. The lowest BCUT2D eigenvalue weighted by molar-refractivity contribution is -0.114. The van der Waals surface area contributed by atoms with Crippen molar-refractivity contribution in [2.45, 2.75) is 19.9 Å². The van der Waals surface area contributed by atoms with Crippen molar-refractivity contribution in [1.29, 1.82) is 0 Å². The van der Waals surface area contributed by atoms with Gasteiger partial charge >= 0.3 is 0 Å². The van der Waals surface area contributed by atoms with Gasteiger partial charge in [-0.1, -0.05) is 24.3 Å². The molecule has 3 aromatic rings. The second-order valence-electron chi connectivity index (χ2n) is 6.22. The number of nitrogen functional groups attached to an aromatic ring is 1. The van der Waals surface area contributed by atoms with Crippen LogP contribution in [0.15, 0.2) is 42.5 Å². The Kier molecular flexibility index (Phi) is 3.72. The molecular weight excluding hydrogens is 314 g/mol. The monoisotopic (exact) mass is 333 g/mol. The average molecular weight is 333 g/mol. The van der Waals surface area contributed by atoms with Crippen molar-refractivity contribution >= 4 is 34.3 Å². The quantitative estimate of drug-likeness (QED) is 0.753. The Morgan fingerprint density at radius 2 is 2.00 bits per heavy atom. The molecular formula is C19H19N5O. The van der Waals surface area contributed by atoms with Crippen LogP contribution in [0, 0.1) is 0 Å². The molecule has 0 unspecified atom stereocenters. The molecule has 1 aliphatic heterocycles.